The fourth-order valence-corrected chi connectivity index (χ4v) is 3.51. The summed E-state index contributed by atoms with van der Waals surface area (Å²) in [5.74, 6) is 0.412. The topological polar surface area (TPSA) is 52.9 Å². The van der Waals surface area contributed by atoms with Gasteiger partial charge < -0.3 is 10.1 Å². The summed E-state index contributed by atoms with van der Waals surface area (Å²) in [5.41, 5.74) is 2.45. The molecule has 21 heavy (non-hydrogen) atoms. The molecule has 112 valence electrons. The molecule has 1 aromatic rings. The van der Waals surface area contributed by atoms with Crippen molar-refractivity contribution in [2.45, 2.75) is 44.9 Å². The van der Waals surface area contributed by atoms with Gasteiger partial charge in [-0.05, 0) is 18.9 Å². The molecule has 1 aliphatic carbocycles. The highest BCUT2D eigenvalue weighted by Gasteiger charge is 2.30. The lowest BCUT2D eigenvalue weighted by molar-refractivity contribution is -0.122. The van der Waals surface area contributed by atoms with Crippen LogP contribution in [-0.2, 0) is 4.79 Å². The number of rotatable bonds is 1. The van der Waals surface area contributed by atoms with Crippen molar-refractivity contribution >= 4 is 17.3 Å². The van der Waals surface area contributed by atoms with Crippen LogP contribution in [0.3, 0.4) is 0 Å². The van der Waals surface area contributed by atoms with Gasteiger partial charge in [-0.2, -0.15) is 0 Å². The summed E-state index contributed by atoms with van der Waals surface area (Å²) in [6.07, 6.45) is 7.47. The van der Waals surface area contributed by atoms with Crippen molar-refractivity contribution in [3.8, 4) is 0 Å². The molecular weight excluding hydrogens is 264 g/mol. The lowest BCUT2D eigenvalue weighted by Crippen LogP contribution is -2.41. The van der Waals surface area contributed by atoms with Gasteiger partial charge in [0.15, 0.2) is 0 Å². The lowest BCUT2D eigenvalue weighted by atomic mass is 9.94. The van der Waals surface area contributed by atoms with Crippen molar-refractivity contribution in [2.24, 2.45) is 11.1 Å². The van der Waals surface area contributed by atoms with Gasteiger partial charge in [0.25, 0.3) is 0 Å². The van der Waals surface area contributed by atoms with Crippen LogP contribution in [0.4, 0.5) is 5.69 Å². The molecule has 1 saturated carbocycles. The first-order chi connectivity index (χ1) is 10.3. The number of para-hydroxylation sites is 1. The van der Waals surface area contributed by atoms with Gasteiger partial charge in [-0.3, -0.25) is 4.79 Å². The smallest absolute Gasteiger partial charge is 0.230 e. The SMILES string of the molecule is O=C(C1CCCCCC1)N1CCC(=NO)c2ccccc21. The Balaban J connectivity index is 1.87. The Bertz CT molecular complexity index is 545. The second-order valence-corrected chi connectivity index (χ2v) is 5.99. The van der Waals surface area contributed by atoms with Crippen molar-refractivity contribution in [3.05, 3.63) is 29.8 Å². The molecule has 1 heterocycles. The van der Waals surface area contributed by atoms with Crippen LogP contribution in [0.5, 0.6) is 0 Å². The number of amides is 1. The number of nitrogens with zero attached hydrogens (tertiary/aromatic N) is 2. The van der Waals surface area contributed by atoms with Gasteiger partial charge in [0, 0.05) is 24.4 Å². The Morgan fingerprint density at radius 2 is 1.86 bits per heavy atom. The van der Waals surface area contributed by atoms with Crippen molar-refractivity contribution < 1.29 is 10.0 Å². The zero-order chi connectivity index (χ0) is 14.7. The van der Waals surface area contributed by atoms with Crippen molar-refractivity contribution in [1.29, 1.82) is 0 Å². The van der Waals surface area contributed by atoms with Crippen LogP contribution in [0.1, 0.15) is 50.5 Å². The largest absolute Gasteiger partial charge is 0.411 e. The molecular formula is C17H22N2O2. The Morgan fingerprint density at radius 3 is 2.57 bits per heavy atom. The number of hydrogen-bond donors (Lipinski definition) is 1. The van der Waals surface area contributed by atoms with Gasteiger partial charge in [0.05, 0.1) is 11.4 Å². The predicted octanol–water partition coefficient (Wildman–Crippen LogP) is 3.57. The number of benzene rings is 1. The van der Waals surface area contributed by atoms with E-state index in [0.717, 1.165) is 36.9 Å². The van der Waals surface area contributed by atoms with E-state index < -0.39 is 0 Å². The van der Waals surface area contributed by atoms with E-state index in [9.17, 15) is 4.79 Å². The Morgan fingerprint density at radius 1 is 1.14 bits per heavy atom. The molecule has 1 amide bonds. The van der Waals surface area contributed by atoms with E-state index >= 15 is 0 Å². The molecule has 2 aliphatic rings. The van der Waals surface area contributed by atoms with Crippen LogP contribution in [0.15, 0.2) is 29.4 Å². The summed E-state index contributed by atoms with van der Waals surface area (Å²) in [7, 11) is 0. The summed E-state index contributed by atoms with van der Waals surface area (Å²) in [6.45, 7) is 0.617. The third-order valence-corrected chi connectivity index (χ3v) is 4.67. The average molecular weight is 286 g/mol. The van der Waals surface area contributed by atoms with Crippen molar-refractivity contribution in [2.75, 3.05) is 11.4 Å². The second kappa shape index (κ2) is 6.29. The number of anilines is 1. The van der Waals surface area contributed by atoms with Gasteiger partial charge in [0.1, 0.15) is 0 Å². The van der Waals surface area contributed by atoms with Gasteiger partial charge in [-0.25, -0.2) is 0 Å². The number of hydrogen-bond acceptors (Lipinski definition) is 3. The molecule has 0 unspecified atom stereocenters. The molecule has 4 nitrogen and oxygen atoms in total. The molecule has 0 atom stereocenters. The van der Waals surface area contributed by atoms with E-state index in [1.807, 2.05) is 29.2 Å². The molecule has 1 N–H and O–H groups in total. The number of fused-ring (bicyclic) bond motifs is 1. The summed E-state index contributed by atoms with van der Waals surface area (Å²) < 4.78 is 0. The second-order valence-electron chi connectivity index (χ2n) is 5.99. The maximum atomic E-state index is 12.9. The van der Waals surface area contributed by atoms with E-state index in [0.29, 0.717) is 18.7 Å². The fourth-order valence-electron chi connectivity index (χ4n) is 3.51. The summed E-state index contributed by atoms with van der Waals surface area (Å²) in [6, 6.07) is 7.74. The maximum absolute atomic E-state index is 12.9. The van der Waals surface area contributed by atoms with Gasteiger partial charge in [0.2, 0.25) is 5.91 Å². The van der Waals surface area contributed by atoms with E-state index in [1.54, 1.807) is 0 Å². The Hall–Kier alpha value is -1.84. The van der Waals surface area contributed by atoms with Gasteiger partial charge in [-0.15, -0.1) is 0 Å². The third-order valence-electron chi connectivity index (χ3n) is 4.67. The quantitative estimate of drug-likeness (QED) is 0.487. The molecule has 1 fully saturated rings. The zero-order valence-electron chi connectivity index (χ0n) is 12.3. The molecule has 0 aromatic heterocycles. The van der Waals surface area contributed by atoms with Crippen molar-refractivity contribution in [3.63, 3.8) is 0 Å². The minimum Gasteiger partial charge on any atom is -0.411 e. The molecule has 3 rings (SSSR count). The fraction of sp³-hybridized carbons (Fsp3) is 0.529. The molecule has 1 aliphatic heterocycles. The van der Waals surface area contributed by atoms with Crippen LogP contribution < -0.4 is 4.90 Å². The average Bonchev–Trinajstić information content (AvgIpc) is 2.82. The Labute approximate surface area is 125 Å². The zero-order valence-corrected chi connectivity index (χ0v) is 12.3. The highest BCUT2D eigenvalue weighted by molar-refractivity contribution is 6.11. The number of carbonyl (C=O) groups is 1. The first-order valence-corrected chi connectivity index (χ1v) is 7.93. The summed E-state index contributed by atoms with van der Waals surface area (Å²) >= 11 is 0. The number of carbonyl (C=O) groups excluding carboxylic acids is 1. The minimum absolute atomic E-state index is 0.160. The first kappa shape index (κ1) is 14.1. The number of oxime groups is 1. The lowest BCUT2D eigenvalue weighted by Gasteiger charge is -2.32. The van der Waals surface area contributed by atoms with Gasteiger partial charge >= 0.3 is 0 Å². The van der Waals surface area contributed by atoms with Crippen LogP contribution in [0.2, 0.25) is 0 Å². The molecule has 0 radical (unpaired) electrons. The molecule has 0 saturated heterocycles. The maximum Gasteiger partial charge on any atom is 0.230 e. The monoisotopic (exact) mass is 286 g/mol. The predicted molar refractivity (Wildman–Crippen MR) is 82.9 cm³/mol. The molecule has 0 bridgehead atoms. The van der Waals surface area contributed by atoms with E-state index in [4.69, 9.17) is 5.21 Å². The standard InChI is InChI=1S/C17H22N2O2/c20-17(13-7-3-1-2-4-8-13)19-12-11-15(18-21)14-9-5-6-10-16(14)19/h5-6,9-10,13,21H,1-4,7-8,11-12H2. The highest BCUT2D eigenvalue weighted by Crippen LogP contribution is 2.31. The van der Waals surface area contributed by atoms with Gasteiger partial charge in [-0.1, -0.05) is 49.0 Å². The van der Waals surface area contributed by atoms with E-state index in [1.165, 1.54) is 12.8 Å². The highest BCUT2D eigenvalue weighted by atomic mass is 16.4. The third kappa shape index (κ3) is 2.80. The van der Waals surface area contributed by atoms with Crippen LogP contribution in [0, 0.1) is 5.92 Å². The minimum atomic E-state index is 0.160. The molecule has 1 aromatic carbocycles. The van der Waals surface area contributed by atoms with E-state index in [2.05, 4.69) is 5.16 Å². The van der Waals surface area contributed by atoms with Crippen LogP contribution in [0.25, 0.3) is 0 Å². The normalized spacial score (nSPS) is 21.9. The van der Waals surface area contributed by atoms with Crippen LogP contribution in [-0.4, -0.2) is 23.4 Å². The summed E-state index contributed by atoms with van der Waals surface area (Å²) in [4.78, 5) is 14.8. The Kier molecular flexibility index (Phi) is 4.23. The van der Waals surface area contributed by atoms with E-state index in [-0.39, 0.29) is 11.8 Å². The summed E-state index contributed by atoms with van der Waals surface area (Å²) in [5, 5.41) is 12.5. The first-order valence-electron chi connectivity index (χ1n) is 7.93. The molecule has 4 heteroatoms. The van der Waals surface area contributed by atoms with Crippen LogP contribution >= 0.6 is 0 Å². The van der Waals surface area contributed by atoms with Crippen molar-refractivity contribution in [1.82, 2.24) is 0 Å². The molecule has 0 spiro atoms.